The second-order valence-electron chi connectivity index (χ2n) is 5.62. The molecule has 3 N–H and O–H groups in total. The van der Waals surface area contributed by atoms with Crippen molar-refractivity contribution < 1.29 is 4.79 Å². The van der Waals surface area contributed by atoms with Gasteiger partial charge in [-0.15, -0.1) is 0 Å². The molecule has 0 spiro atoms. The number of benzene rings is 1. The van der Waals surface area contributed by atoms with Crippen LogP contribution in [0.15, 0.2) is 35.9 Å². The predicted molar refractivity (Wildman–Crippen MR) is 79.1 cm³/mol. The lowest BCUT2D eigenvalue weighted by atomic mass is 9.84. The van der Waals surface area contributed by atoms with E-state index < -0.39 is 0 Å². The van der Waals surface area contributed by atoms with Gasteiger partial charge >= 0.3 is 0 Å². The van der Waals surface area contributed by atoms with Gasteiger partial charge in [0.2, 0.25) is 5.91 Å². The van der Waals surface area contributed by atoms with Crippen LogP contribution in [0.25, 0.3) is 0 Å². The maximum Gasteiger partial charge on any atom is 0.248 e. The van der Waals surface area contributed by atoms with Crippen LogP contribution in [0.3, 0.4) is 0 Å². The number of rotatable bonds is 4. The van der Waals surface area contributed by atoms with Gasteiger partial charge < -0.3 is 11.1 Å². The van der Waals surface area contributed by atoms with E-state index in [1.165, 1.54) is 12.0 Å². The molecule has 1 aromatic carbocycles. The van der Waals surface area contributed by atoms with Crippen LogP contribution in [0.4, 0.5) is 5.69 Å². The van der Waals surface area contributed by atoms with Gasteiger partial charge in [0.15, 0.2) is 0 Å². The van der Waals surface area contributed by atoms with Crippen molar-refractivity contribution in [2.75, 3.05) is 11.9 Å². The molecule has 0 radical (unpaired) electrons. The standard InChI is InChI=1S/C16H22N2O/c1-11-6-12(2)8-13(7-11)10-18-15-5-3-4-14(9-15)16(17)19/h3-6,9,11,13,18H,7-8,10H2,1-2H3,(H2,17,19). The summed E-state index contributed by atoms with van der Waals surface area (Å²) in [6, 6.07) is 7.39. The highest BCUT2D eigenvalue weighted by Gasteiger charge is 2.17. The average molecular weight is 258 g/mol. The van der Waals surface area contributed by atoms with E-state index in [9.17, 15) is 4.79 Å². The smallest absolute Gasteiger partial charge is 0.248 e. The Labute approximate surface area is 114 Å². The maximum atomic E-state index is 11.1. The predicted octanol–water partition coefficient (Wildman–Crippen LogP) is 3.19. The normalized spacial score (nSPS) is 22.7. The topological polar surface area (TPSA) is 55.1 Å². The highest BCUT2D eigenvalue weighted by atomic mass is 16.1. The molecule has 102 valence electrons. The zero-order valence-corrected chi connectivity index (χ0v) is 11.6. The van der Waals surface area contributed by atoms with Crippen LogP contribution in [0.5, 0.6) is 0 Å². The second kappa shape index (κ2) is 5.91. The van der Waals surface area contributed by atoms with Crippen molar-refractivity contribution in [3.63, 3.8) is 0 Å². The van der Waals surface area contributed by atoms with Crippen molar-refractivity contribution >= 4 is 11.6 Å². The molecule has 19 heavy (non-hydrogen) atoms. The van der Waals surface area contributed by atoms with Crippen LogP contribution in [0.1, 0.15) is 37.0 Å². The molecule has 0 fully saturated rings. The molecule has 1 aromatic rings. The SMILES string of the molecule is CC1=CC(C)CC(CNc2cccc(C(N)=O)c2)C1. The van der Waals surface area contributed by atoms with Crippen LogP contribution >= 0.6 is 0 Å². The Morgan fingerprint density at radius 1 is 1.47 bits per heavy atom. The zero-order valence-electron chi connectivity index (χ0n) is 11.6. The molecular formula is C16H22N2O. The molecule has 0 aliphatic heterocycles. The lowest BCUT2D eigenvalue weighted by Crippen LogP contribution is -2.20. The summed E-state index contributed by atoms with van der Waals surface area (Å²) in [6.07, 6.45) is 4.75. The summed E-state index contributed by atoms with van der Waals surface area (Å²) in [5, 5.41) is 3.42. The minimum Gasteiger partial charge on any atom is -0.385 e. The van der Waals surface area contributed by atoms with E-state index in [4.69, 9.17) is 5.73 Å². The first kappa shape index (κ1) is 13.7. The highest BCUT2D eigenvalue weighted by Crippen LogP contribution is 2.28. The molecule has 2 unspecified atom stereocenters. The summed E-state index contributed by atoms with van der Waals surface area (Å²) >= 11 is 0. The van der Waals surface area contributed by atoms with Gasteiger partial charge in [0.25, 0.3) is 0 Å². The molecule has 0 bridgehead atoms. The Hall–Kier alpha value is -1.77. The molecule has 0 saturated heterocycles. The van der Waals surface area contributed by atoms with Crippen molar-refractivity contribution in [2.45, 2.75) is 26.7 Å². The quantitative estimate of drug-likeness (QED) is 0.815. The monoisotopic (exact) mass is 258 g/mol. The minimum atomic E-state index is -0.381. The number of allylic oxidation sites excluding steroid dienone is 2. The first-order valence-corrected chi connectivity index (χ1v) is 6.85. The van der Waals surface area contributed by atoms with E-state index in [1.54, 1.807) is 6.07 Å². The fourth-order valence-corrected chi connectivity index (χ4v) is 2.89. The van der Waals surface area contributed by atoms with Crippen molar-refractivity contribution in [3.05, 3.63) is 41.5 Å². The average Bonchev–Trinajstić information content (AvgIpc) is 2.35. The van der Waals surface area contributed by atoms with E-state index in [0.29, 0.717) is 17.4 Å². The molecule has 0 saturated carbocycles. The van der Waals surface area contributed by atoms with Gasteiger partial charge in [0, 0.05) is 17.8 Å². The van der Waals surface area contributed by atoms with Gasteiger partial charge in [-0.2, -0.15) is 0 Å². The number of nitrogens with two attached hydrogens (primary N) is 1. The summed E-state index contributed by atoms with van der Waals surface area (Å²) in [4.78, 5) is 11.1. The molecule has 0 heterocycles. The number of hydrogen-bond donors (Lipinski definition) is 2. The molecule has 1 amide bonds. The Bertz CT molecular complexity index is 493. The third-order valence-corrected chi connectivity index (χ3v) is 3.63. The summed E-state index contributed by atoms with van der Waals surface area (Å²) in [6.45, 7) is 5.41. The molecule has 3 heteroatoms. The first-order valence-electron chi connectivity index (χ1n) is 6.85. The van der Waals surface area contributed by atoms with E-state index in [-0.39, 0.29) is 5.91 Å². The number of hydrogen-bond acceptors (Lipinski definition) is 2. The number of nitrogens with one attached hydrogen (secondary N) is 1. The van der Waals surface area contributed by atoms with Gasteiger partial charge in [-0.25, -0.2) is 0 Å². The third-order valence-electron chi connectivity index (χ3n) is 3.63. The third kappa shape index (κ3) is 3.85. The van der Waals surface area contributed by atoms with Crippen molar-refractivity contribution in [1.82, 2.24) is 0 Å². The van der Waals surface area contributed by atoms with E-state index in [0.717, 1.165) is 18.7 Å². The molecule has 3 nitrogen and oxygen atoms in total. The lowest BCUT2D eigenvalue weighted by molar-refractivity contribution is 0.100. The lowest BCUT2D eigenvalue weighted by Gasteiger charge is -2.26. The van der Waals surface area contributed by atoms with E-state index >= 15 is 0 Å². The molecular weight excluding hydrogens is 236 g/mol. The summed E-state index contributed by atoms with van der Waals surface area (Å²) in [5.74, 6) is 0.948. The second-order valence-corrected chi connectivity index (χ2v) is 5.62. The summed E-state index contributed by atoms with van der Waals surface area (Å²) in [5.41, 5.74) is 8.29. The number of carbonyl (C=O) groups is 1. The molecule has 2 atom stereocenters. The van der Waals surface area contributed by atoms with E-state index in [2.05, 4.69) is 25.2 Å². The Kier molecular flexibility index (Phi) is 4.25. The minimum absolute atomic E-state index is 0.381. The Balaban J connectivity index is 1.94. The van der Waals surface area contributed by atoms with Crippen molar-refractivity contribution in [3.8, 4) is 0 Å². The van der Waals surface area contributed by atoms with Crippen LogP contribution in [0, 0.1) is 11.8 Å². The van der Waals surface area contributed by atoms with Gasteiger partial charge in [-0.1, -0.05) is 24.6 Å². The Morgan fingerprint density at radius 3 is 2.95 bits per heavy atom. The highest BCUT2D eigenvalue weighted by molar-refractivity contribution is 5.93. The number of primary amides is 1. The van der Waals surface area contributed by atoms with Crippen molar-refractivity contribution in [1.29, 1.82) is 0 Å². The molecule has 1 aliphatic rings. The Morgan fingerprint density at radius 2 is 2.26 bits per heavy atom. The first-order chi connectivity index (χ1) is 9.04. The van der Waals surface area contributed by atoms with Crippen LogP contribution < -0.4 is 11.1 Å². The van der Waals surface area contributed by atoms with Crippen LogP contribution in [-0.2, 0) is 0 Å². The fourth-order valence-electron chi connectivity index (χ4n) is 2.89. The van der Waals surface area contributed by atoms with Crippen LogP contribution in [0.2, 0.25) is 0 Å². The largest absolute Gasteiger partial charge is 0.385 e. The molecule has 1 aliphatic carbocycles. The fraction of sp³-hybridized carbons (Fsp3) is 0.438. The molecule has 2 rings (SSSR count). The van der Waals surface area contributed by atoms with Crippen molar-refractivity contribution in [2.24, 2.45) is 17.6 Å². The summed E-state index contributed by atoms with van der Waals surface area (Å²) < 4.78 is 0. The summed E-state index contributed by atoms with van der Waals surface area (Å²) in [7, 11) is 0. The van der Waals surface area contributed by atoms with E-state index in [1.807, 2.05) is 18.2 Å². The van der Waals surface area contributed by atoms with Gasteiger partial charge in [0.05, 0.1) is 0 Å². The van der Waals surface area contributed by atoms with Gasteiger partial charge in [-0.3, -0.25) is 4.79 Å². The van der Waals surface area contributed by atoms with Gasteiger partial charge in [-0.05, 0) is 49.8 Å². The number of anilines is 1. The number of amides is 1. The maximum absolute atomic E-state index is 11.1. The zero-order chi connectivity index (χ0) is 13.8. The number of carbonyl (C=O) groups excluding carboxylic acids is 1. The van der Waals surface area contributed by atoms with Crippen LogP contribution in [-0.4, -0.2) is 12.5 Å². The van der Waals surface area contributed by atoms with Gasteiger partial charge in [0.1, 0.15) is 0 Å². The molecule has 0 aromatic heterocycles.